The Morgan fingerprint density at radius 3 is 1.71 bits per heavy atom. The van der Waals surface area contributed by atoms with Crippen molar-refractivity contribution < 1.29 is 4.84 Å². The first kappa shape index (κ1) is 6.50. The minimum absolute atomic E-state index is 0.792. The van der Waals surface area contributed by atoms with E-state index in [4.69, 9.17) is 5.90 Å². The van der Waals surface area contributed by atoms with Gasteiger partial charge in [-0.2, -0.15) is 5.90 Å². The van der Waals surface area contributed by atoms with Gasteiger partial charge in [0.05, 0.1) is 0 Å². The third-order valence-corrected chi connectivity index (χ3v) is 0.881. The summed E-state index contributed by atoms with van der Waals surface area (Å²) >= 11 is 0. The molecule has 0 aliphatic carbocycles. The smallest absolute Gasteiger partial charge is 0.119 e. The molecule has 2 nitrogen and oxygen atoms in total. The highest BCUT2D eigenvalue weighted by Crippen LogP contribution is 1.98. The average Bonchev–Trinajstić information content (AvgIpc) is 1.65. The molecule has 0 unspecified atom stereocenters. The lowest BCUT2D eigenvalue weighted by Gasteiger charge is -1.96. The predicted molar refractivity (Wildman–Crippen MR) is 29.3 cm³/mol. The van der Waals surface area contributed by atoms with Crippen LogP contribution in [0.1, 0.15) is 20.8 Å². The third kappa shape index (κ3) is 2.23. The zero-order valence-electron chi connectivity index (χ0n) is 4.99. The third-order valence-electron chi connectivity index (χ3n) is 0.881. The van der Waals surface area contributed by atoms with Gasteiger partial charge in [-0.05, 0) is 26.3 Å². The fourth-order valence-corrected chi connectivity index (χ4v) is 0.118. The molecular formula is C5H11NO. The monoisotopic (exact) mass is 101 g/mol. The van der Waals surface area contributed by atoms with Gasteiger partial charge in [-0.1, -0.05) is 0 Å². The molecule has 0 rings (SSSR count). The highest BCUT2D eigenvalue weighted by Gasteiger charge is 1.84. The lowest BCUT2D eigenvalue weighted by Crippen LogP contribution is -1.96. The molecule has 0 saturated heterocycles. The number of allylic oxidation sites excluding steroid dienone is 2. The summed E-state index contributed by atoms with van der Waals surface area (Å²) in [5, 5.41) is 0. The summed E-state index contributed by atoms with van der Waals surface area (Å²) in [6.07, 6.45) is 0. The van der Waals surface area contributed by atoms with Gasteiger partial charge < -0.3 is 4.84 Å². The van der Waals surface area contributed by atoms with E-state index in [0.717, 1.165) is 11.3 Å². The Morgan fingerprint density at radius 2 is 1.71 bits per heavy atom. The summed E-state index contributed by atoms with van der Waals surface area (Å²) in [7, 11) is 0. The summed E-state index contributed by atoms with van der Waals surface area (Å²) in [5.74, 6) is 5.61. The van der Waals surface area contributed by atoms with Crippen LogP contribution in [0.15, 0.2) is 11.3 Å². The molecular weight excluding hydrogens is 90.1 g/mol. The minimum Gasteiger partial charge on any atom is -0.416 e. The maximum Gasteiger partial charge on any atom is 0.119 e. The molecule has 0 aromatic rings. The summed E-state index contributed by atoms with van der Waals surface area (Å²) in [6, 6.07) is 0. The molecule has 0 fully saturated rings. The van der Waals surface area contributed by atoms with Gasteiger partial charge in [0.1, 0.15) is 5.76 Å². The quantitative estimate of drug-likeness (QED) is 0.397. The molecule has 42 valence electrons. The molecule has 0 spiro atoms. The molecule has 2 heteroatoms. The van der Waals surface area contributed by atoms with Gasteiger partial charge in [0.15, 0.2) is 0 Å². The molecule has 0 aromatic heterocycles. The first-order chi connectivity index (χ1) is 3.18. The van der Waals surface area contributed by atoms with E-state index in [1.807, 2.05) is 20.8 Å². The largest absolute Gasteiger partial charge is 0.416 e. The Balaban J connectivity index is 3.72. The van der Waals surface area contributed by atoms with Crippen LogP contribution in [0.3, 0.4) is 0 Å². The van der Waals surface area contributed by atoms with Crippen LogP contribution in [0.25, 0.3) is 0 Å². The molecule has 0 radical (unpaired) electrons. The first-order valence-electron chi connectivity index (χ1n) is 2.19. The van der Waals surface area contributed by atoms with E-state index in [-0.39, 0.29) is 0 Å². The minimum atomic E-state index is 0.792. The van der Waals surface area contributed by atoms with Crippen LogP contribution in [0.2, 0.25) is 0 Å². The van der Waals surface area contributed by atoms with E-state index < -0.39 is 0 Å². The molecule has 0 aliphatic heterocycles. The predicted octanol–water partition coefficient (Wildman–Crippen LogP) is 1.19. The SMILES string of the molecule is CC(C)=C(C)ON. The fraction of sp³-hybridized carbons (Fsp3) is 0.600. The molecule has 0 aliphatic rings. The zero-order valence-corrected chi connectivity index (χ0v) is 4.99. The number of hydrogen-bond acceptors (Lipinski definition) is 2. The molecule has 0 amide bonds. The van der Waals surface area contributed by atoms with E-state index in [9.17, 15) is 0 Å². The molecule has 0 saturated carbocycles. The van der Waals surface area contributed by atoms with E-state index in [2.05, 4.69) is 4.84 Å². The van der Waals surface area contributed by atoms with Gasteiger partial charge in [0, 0.05) is 0 Å². The lowest BCUT2D eigenvalue weighted by molar-refractivity contribution is 0.219. The Hall–Kier alpha value is -0.500. The molecule has 7 heavy (non-hydrogen) atoms. The van der Waals surface area contributed by atoms with Crippen molar-refractivity contribution in [3.63, 3.8) is 0 Å². The number of nitrogens with two attached hydrogens (primary N) is 1. The van der Waals surface area contributed by atoms with Crippen molar-refractivity contribution in [2.45, 2.75) is 20.8 Å². The summed E-state index contributed by atoms with van der Waals surface area (Å²) in [4.78, 5) is 4.39. The Kier molecular flexibility index (Phi) is 2.45. The van der Waals surface area contributed by atoms with Gasteiger partial charge in [-0.15, -0.1) is 0 Å². The van der Waals surface area contributed by atoms with Gasteiger partial charge in [-0.25, -0.2) is 0 Å². The maximum atomic E-state index is 4.82. The highest BCUT2D eigenvalue weighted by atomic mass is 16.6. The van der Waals surface area contributed by atoms with Crippen LogP contribution in [0.4, 0.5) is 0 Å². The second-order valence-corrected chi connectivity index (χ2v) is 1.67. The lowest BCUT2D eigenvalue weighted by atomic mass is 10.3. The van der Waals surface area contributed by atoms with Crippen molar-refractivity contribution in [3.8, 4) is 0 Å². The Morgan fingerprint density at radius 1 is 1.29 bits per heavy atom. The van der Waals surface area contributed by atoms with Gasteiger partial charge in [0.25, 0.3) is 0 Å². The molecule has 0 bridgehead atoms. The van der Waals surface area contributed by atoms with Crippen LogP contribution < -0.4 is 5.90 Å². The van der Waals surface area contributed by atoms with Crippen LogP contribution in [0, 0.1) is 0 Å². The van der Waals surface area contributed by atoms with E-state index in [1.165, 1.54) is 0 Å². The van der Waals surface area contributed by atoms with E-state index in [0.29, 0.717) is 0 Å². The van der Waals surface area contributed by atoms with Crippen molar-refractivity contribution in [2.24, 2.45) is 5.90 Å². The maximum absolute atomic E-state index is 4.82. The molecule has 0 atom stereocenters. The number of rotatable bonds is 1. The topological polar surface area (TPSA) is 35.2 Å². The van der Waals surface area contributed by atoms with Crippen molar-refractivity contribution in [3.05, 3.63) is 11.3 Å². The van der Waals surface area contributed by atoms with Crippen molar-refractivity contribution in [2.75, 3.05) is 0 Å². The van der Waals surface area contributed by atoms with Crippen LogP contribution in [0.5, 0.6) is 0 Å². The zero-order chi connectivity index (χ0) is 5.86. The van der Waals surface area contributed by atoms with Crippen LogP contribution >= 0.6 is 0 Å². The standard InChI is InChI=1S/C5H11NO/c1-4(2)5(3)7-6/h6H2,1-3H3. The van der Waals surface area contributed by atoms with Gasteiger partial charge in [0.2, 0.25) is 0 Å². The summed E-state index contributed by atoms with van der Waals surface area (Å²) in [6.45, 7) is 5.72. The summed E-state index contributed by atoms with van der Waals surface area (Å²) < 4.78 is 0. The highest BCUT2D eigenvalue weighted by molar-refractivity contribution is 4.97. The normalized spacial score (nSPS) is 8.00. The van der Waals surface area contributed by atoms with E-state index >= 15 is 0 Å². The van der Waals surface area contributed by atoms with E-state index in [1.54, 1.807) is 0 Å². The fourth-order valence-electron chi connectivity index (χ4n) is 0.118. The second kappa shape index (κ2) is 2.64. The molecule has 0 aromatic carbocycles. The number of hydrogen-bond donors (Lipinski definition) is 1. The Labute approximate surface area is 43.9 Å². The van der Waals surface area contributed by atoms with Crippen LogP contribution in [-0.2, 0) is 4.84 Å². The molecule has 0 heterocycles. The van der Waals surface area contributed by atoms with Crippen molar-refractivity contribution >= 4 is 0 Å². The molecule has 2 N–H and O–H groups in total. The van der Waals surface area contributed by atoms with Crippen molar-refractivity contribution in [1.82, 2.24) is 0 Å². The van der Waals surface area contributed by atoms with Gasteiger partial charge >= 0.3 is 0 Å². The van der Waals surface area contributed by atoms with Crippen molar-refractivity contribution in [1.29, 1.82) is 0 Å². The Bertz CT molecular complexity index is 82.1. The first-order valence-corrected chi connectivity index (χ1v) is 2.19. The average molecular weight is 101 g/mol. The second-order valence-electron chi connectivity index (χ2n) is 1.67. The summed E-state index contributed by atoms with van der Waals surface area (Å²) in [5.41, 5.74) is 1.11. The van der Waals surface area contributed by atoms with Gasteiger partial charge in [-0.3, -0.25) is 0 Å². The van der Waals surface area contributed by atoms with Crippen LogP contribution in [-0.4, -0.2) is 0 Å².